The fourth-order valence-electron chi connectivity index (χ4n) is 1.77. The maximum Gasteiger partial charge on any atom is 0.416 e. The lowest BCUT2D eigenvalue weighted by Gasteiger charge is -2.18. The maximum absolute atomic E-state index is 12.6. The smallest absolute Gasteiger partial charge is 0.364 e. The Morgan fingerprint density at radius 1 is 1.24 bits per heavy atom. The van der Waals surface area contributed by atoms with Crippen molar-refractivity contribution in [3.8, 4) is 0 Å². The van der Waals surface area contributed by atoms with Crippen LogP contribution in [0.3, 0.4) is 0 Å². The zero-order valence-corrected chi connectivity index (χ0v) is 9.48. The van der Waals surface area contributed by atoms with Gasteiger partial charge in [0.05, 0.1) is 12.1 Å². The number of hydrogen-bond acceptors (Lipinski definition) is 2. The third kappa shape index (κ3) is 2.72. The highest BCUT2D eigenvalue weighted by Gasteiger charge is 2.32. The number of nitrogens with zero attached hydrogens (tertiary/aromatic N) is 1. The van der Waals surface area contributed by atoms with Crippen LogP contribution < -0.4 is 4.90 Å². The zero-order chi connectivity index (χ0) is 12.6. The Bertz CT molecular complexity index is 459. The first-order valence-corrected chi connectivity index (χ1v) is 5.38. The van der Waals surface area contributed by atoms with E-state index < -0.39 is 11.7 Å². The van der Waals surface area contributed by atoms with E-state index in [2.05, 4.69) is 0 Å². The summed E-state index contributed by atoms with van der Waals surface area (Å²) >= 11 is 5.66. The van der Waals surface area contributed by atoms with Crippen molar-refractivity contribution in [2.45, 2.75) is 12.6 Å². The minimum atomic E-state index is -4.43. The number of ketones is 1. The number of carbonyl (C=O) groups excluding carboxylic acids is 1. The van der Waals surface area contributed by atoms with Crippen molar-refractivity contribution in [3.63, 3.8) is 0 Å². The van der Waals surface area contributed by atoms with Gasteiger partial charge in [-0.3, -0.25) is 4.79 Å². The summed E-state index contributed by atoms with van der Waals surface area (Å²) in [4.78, 5) is 12.7. The number of alkyl halides is 3. The highest BCUT2D eigenvalue weighted by Crippen LogP contribution is 2.34. The van der Waals surface area contributed by atoms with Crippen LogP contribution in [0.1, 0.15) is 12.0 Å². The van der Waals surface area contributed by atoms with E-state index in [0.717, 1.165) is 12.1 Å². The van der Waals surface area contributed by atoms with Gasteiger partial charge in [0.1, 0.15) is 0 Å². The van der Waals surface area contributed by atoms with Crippen LogP contribution in [0, 0.1) is 0 Å². The molecule has 6 heteroatoms. The Kier molecular flexibility index (Phi) is 3.03. The molecule has 0 amide bonds. The van der Waals surface area contributed by atoms with E-state index in [9.17, 15) is 18.0 Å². The second-order valence-corrected chi connectivity index (χ2v) is 4.34. The fourth-order valence-corrected chi connectivity index (χ4v) is 2.00. The molecule has 1 fully saturated rings. The number of carbonyl (C=O) groups is 1. The van der Waals surface area contributed by atoms with Crippen LogP contribution in [0.25, 0.3) is 0 Å². The lowest BCUT2D eigenvalue weighted by Crippen LogP contribution is -2.20. The van der Waals surface area contributed by atoms with Crippen LogP contribution in [0.4, 0.5) is 18.9 Å². The van der Waals surface area contributed by atoms with E-state index in [4.69, 9.17) is 11.6 Å². The molecular formula is C11H9ClF3NO. The Labute approximate surface area is 101 Å². The fraction of sp³-hybridized carbons (Fsp3) is 0.364. The topological polar surface area (TPSA) is 20.3 Å². The SMILES string of the molecule is O=C1CCN(c2cc(Cl)cc(C(F)(F)F)c2)C1. The van der Waals surface area contributed by atoms with E-state index in [0.29, 0.717) is 18.7 Å². The molecular weight excluding hydrogens is 255 g/mol. The molecule has 0 N–H and O–H groups in total. The summed E-state index contributed by atoms with van der Waals surface area (Å²) in [6.07, 6.45) is -4.06. The van der Waals surface area contributed by atoms with E-state index in [-0.39, 0.29) is 17.4 Å². The van der Waals surface area contributed by atoms with Crippen molar-refractivity contribution in [3.05, 3.63) is 28.8 Å². The molecule has 1 aliphatic heterocycles. The van der Waals surface area contributed by atoms with Gasteiger partial charge in [-0.15, -0.1) is 0 Å². The van der Waals surface area contributed by atoms with Gasteiger partial charge in [-0.25, -0.2) is 0 Å². The van der Waals surface area contributed by atoms with Gasteiger partial charge in [0.25, 0.3) is 0 Å². The number of hydrogen-bond donors (Lipinski definition) is 0. The molecule has 0 radical (unpaired) electrons. The minimum Gasteiger partial charge on any atom is -0.364 e. The van der Waals surface area contributed by atoms with Crippen LogP contribution in [0.5, 0.6) is 0 Å². The summed E-state index contributed by atoms with van der Waals surface area (Å²) in [5, 5.41) is 0.0224. The monoisotopic (exact) mass is 263 g/mol. The van der Waals surface area contributed by atoms with Crippen LogP contribution in [-0.2, 0) is 11.0 Å². The summed E-state index contributed by atoms with van der Waals surface area (Å²) in [7, 11) is 0. The summed E-state index contributed by atoms with van der Waals surface area (Å²) < 4.78 is 37.7. The summed E-state index contributed by atoms with van der Waals surface area (Å²) in [6, 6.07) is 3.34. The largest absolute Gasteiger partial charge is 0.416 e. The van der Waals surface area contributed by atoms with E-state index in [1.54, 1.807) is 4.90 Å². The molecule has 0 spiro atoms. The Hall–Kier alpha value is -1.23. The second-order valence-electron chi connectivity index (χ2n) is 3.91. The lowest BCUT2D eigenvalue weighted by atomic mass is 10.2. The normalized spacial score (nSPS) is 16.7. The van der Waals surface area contributed by atoms with Crippen LogP contribution in [0.2, 0.25) is 5.02 Å². The first-order chi connectivity index (χ1) is 7.86. The van der Waals surface area contributed by atoms with Gasteiger partial charge in [0.2, 0.25) is 0 Å². The summed E-state index contributed by atoms with van der Waals surface area (Å²) in [6.45, 7) is 0.591. The quantitative estimate of drug-likeness (QED) is 0.776. The number of anilines is 1. The predicted molar refractivity (Wildman–Crippen MR) is 58.3 cm³/mol. The first kappa shape index (κ1) is 12.2. The lowest BCUT2D eigenvalue weighted by molar-refractivity contribution is -0.137. The molecule has 2 nitrogen and oxygen atoms in total. The first-order valence-electron chi connectivity index (χ1n) is 5.01. The van der Waals surface area contributed by atoms with E-state index >= 15 is 0 Å². The molecule has 1 saturated heterocycles. The van der Waals surface area contributed by atoms with Gasteiger partial charge in [-0.05, 0) is 18.2 Å². The molecule has 17 heavy (non-hydrogen) atoms. The molecule has 0 saturated carbocycles. The molecule has 2 rings (SSSR count). The molecule has 0 atom stereocenters. The molecule has 92 valence electrons. The maximum atomic E-state index is 12.6. The molecule has 0 aromatic heterocycles. The molecule has 1 aromatic carbocycles. The molecule has 0 aliphatic carbocycles. The Balaban J connectivity index is 2.35. The molecule has 0 unspecified atom stereocenters. The van der Waals surface area contributed by atoms with Crippen molar-refractivity contribution >= 4 is 23.1 Å². The van der Waals surface area contributed by atoms with Crippen LogP contribution >= 0.6 is 11.6 Å². The van der Waals surface area contributed by atoms with Gasteiger partial charge in [0.15, 0.2) is 5.78 Å². The minimum absolute atomic E-state index is 0.0224. The number of benzene rings is 1. The van der Waals surface area contributed by atoms with Gasteiger partial charge < -0.3 is 4.90 Å². The van der Waals surface area contributed by atoms with E-state index in [1.165, 1.54) is 6.07 Å². The van der Waals surface area contributed by atoms with Crippen LogP contribution in [0.15, 0.2) is 18.2 Å². The van der Waals surface area contributed by atoms with Gasteiger partial charge in [-0.1, -0.05) is 11.6 Å². The summed E-state index contributed by atoms with van der Waals surface area (Å²) in [5.41, 5.74) is -0.449. The average Bonchev–Trinajstić information content (AvgIpc) is 2.62. The van der Waals surface area contributed by atoms with Gasteiger partial charge >= 0.3 is 6.18 Å². The van der Waals surface area contributed by atoms with Gasteiger partial charge in [0, 0.05) is 23.7 Å². The standard InChI is InChI=1S/C11H9ClF3NO/c12-8-3-7(11(13,14)15)4-9(5-8)16-2-1-10(17)6-16/h3-5H,1-2,6H2. The van der Waals surface area contributed by atoms with Crippen molar-refractivity contribution in [2.24, 2.45) is 0 Å². The highest BCUT2D eigenvalue weighted by atomic mass is 35.5. The average molecular weight is 264 g/mol. The molecule has 1 aromatic rings. The number of halogens is 4. The zero-order valence-electron chi connectivity index (χ0n) is 8.72. The predicted octanol–water partition coefficient (Wildman–Crippen LogP) is 3.14. The Morgan fingerprint density at radius 3 is 2.47 bits per heavy atom. The van der Waals surface area contributed by atoms with Crippen LogP contribution in [-0.4, -0.2) is 18.9 Å². The Morgan fingerprint density at radius 2 is 1.94 bits per heavy atom. The third-order valence-corrected chi connectivity index (χ3v) is 2.82. The highest BCUT2D eigenvalue weighted by molar-refractivity contribution is 6.31. The molecule has 0 bridgehead atoms. The third-order valence-electron chi connectivity index (χ3n) is 2.60. The molecule has 1 aliphatic rings. The second kappa shape index (κ2) is 4.22. The van der Waals surface area contributed by atoms with Crippen molar-refractivity contribution in [1.29, 1.82) is 0 Å². The van der Waals surface area contributed by atoms with E-state index in [1.807, 2.05) is 0 Å². The van der Waals surface area contributed by atoms with Crippen molar-refractivity contribution in [2.75, 3.05) is 18.0 Å². The number of rotatable bonds is 1. The molecule has 1 heterocycles. The summed E-state index contributed by atoms with van der Waals surface area (Å²) in [5.74, 6) is 0.0264. The van der Waals surface area contributed by atoms with Gasteiger partial charge in [-0.2, -0.15) is 13.2 Å². The van der Waals surface area contributed by atoms with Crippen molar-refractivity contribution in [1.82, 2.24) is 0 Å². The van der Waals surface area contributed by atoms with Crippen molar-refractivity contribution < 1.29 is 18.0 Å². The number of Topliss-reactive ketones (excluding diaryl/α,β-unsaturated/α-hetero) is 1.